The maximum absolute atomic E-state index is 9.72. The highest BCUT2D eigenvalue weighted by Gasteiger charge is 2.16. The summed E-state index contributed by atoms with van der Waals surface area (Å²) in [5.74, 6) is -2.85. The predicted molar refractivity (Wildman–Crippen MR) is 61.2 cm³/mol. The molecule has 0 aromatic carbocycles. The topological polar surface area (TPSA) is 292 Å². The van der Waals surface area contributed by atoms with Gasteiger partial charge in [-0.2, -0.15) is 16.8 Å². The quantitative estimate of drug-likeness (QED) is 0.149. The summed E-state index contributed by atoms with van der Waals surface area (Å²) in [6.07, 6.45) is -2.54. The van der Waals surface area contributed by atoms with Crippen LogP contribution in [0.3, 0.4) is 0 Å². The number of carboxylic acid groups (broad SMARTS) is 2. The summed E-state index contributed by atoms with van der Waals surface area (Å²) in [5, 5.41) is 24.1. The molecule has 15 nitrogen and oxygen atoms in total. The van der Waals surface area contributed by atoms with Gasteiger partial charge in [0.05, 0.1) is 6.42 Å². The van der Waals surface area contributed by atoms with E-state index < -0.39 is 45.3 Å². The molecule has 0 spiro atoms. The first-order valence-corrected chi connectivity index (χ1v) is 6.43. The molecule has 130 valence electrons. The van der Waals surface area contributed by atoms with Gasteiger partial charge in [0.25, 0.3) is 0 Å². The van der Waals surface area contributed by atoms with Crippen LogP contribution in [-0.4, -0.2) is 59.3 Å². The van der Waals surface area contributed by atoms with Crippen LogP contribution in [0.15, 0.2) is 0 Å². The minimum atomic E-state index is -5.02. The smallest absolute Gasteiger partial charge is 0.425 e. The first-order valence-electron chi connectivity index (χ1n) is 3.70. The van der Waals surface area contributed by atoms with E-state index in [-0.39, 0.29) is 12.3 Å². The molecule has 0 aromatic rings. The van der Waals surface area contributed by atoms with Crippen LogP contribution in [0.1, 0.15) is 6.42 Å². The number of aliphatic hydroxyl groups is 1. The van der Waals surface area contributed by atoms with Crippen LogP contribution >= 0.6 is 0 Å². The van der Waals surface area contributed by atoms with E-state index in [0.29, 0.717) is 0 Å². The van der Waals surface area contributed by atoms with E-state index in [0.717, 1.165) is 0 Å². The molecular weight excluding hydrogens is 348 g/mol. The SMILES string of the molecule is N.N.O=C(O)CC(O)C(=O)O.O=S(=O)(O)OOS(=O)(=O)O. The molecule has 17 heteroatoms. The third kappa shape index (κ3) is 27.7. The highest BCUT2D eigenvalue weighted by Crippen LogP contribution is 1.92. The minimum absolute atomic E-state index is 0. The second-order valence-electron chi connectivity index (χ2n) is 2.44. The van der Waals surface area contributed by atoms with E-state index in [1.807, 2.05) is 0 Å². The Labute approximate surface area is 118 Å². The Balaban J connectivity index is -0.000000126. The van der Waals surface area contributed by atoms with Crippen LogP contribution in [0.4, 0.5) is 0 Å². The Morgan fingerprint density at radius 3 is 1.29 bits per heavy atom. The van der Waals surface area contributed by atoms with E-state index >= 15 is 0 Å². The zero-order valence-electron chi connectivity index (χ0n) is 10.0. The van der Waals surface area contributed by atoms with Gasteiger partial charge in [-0.15, -0.1) is 0 Å². The molecule has 0 aliphatic rings. The first kappa shape index (κ1) is 27.8. The zero-order valence-corrected chi connectivity index (χ0v) is 11.7. The van der Waals surface area contributed by atoms with E-state index in [1.54, 1.807) is 0 Å². The molecule has 0 aliphatic heterocycles. The number of rotatable bonds is 6. The number of hydrogen-bond donors (Lipinski definition) is 7. The molecule has 21 heavy (non-hydrogen) atoms. The lowest BCUT2D eigenvalue weighted by molar-refractivity contribution is -0.152. The molecule has 0 saturated heterocycles. The van der Waals surface area contributed by atoms with Crippen LogP contribution in [0.2, 0.25) is 0 Å². The zero-order chi connectivity index (χ0) is 15.9. The van der Waals surface area contributed by atoms with Gasteiger partial charge in [0, 0.05) is 0 Å². The van der Waals surface area contributed by atoms with Gasteiger partial charge < -0.3 is 27.6 Å². The second kappa shape index (κ2) is 11.2. The van der Waals surface area contributed by atoms with E-state index in [1.165, 1.54) is 0 Å². The Kier molecular flexibility index (Phi) is 14.9. The standard InChI is InChI=1S/C4H6O5.2H3N.H2O8S2/c5-2(4(8)9)1-3(6)7;;;1-9(2,3)7-8-10(4,5)6/h2,5H,1H2,(H,6,7)(H,8,9);2*1H3;(H,1,2,3)(H,4,5,6). The van der Waals surface area contributed by atoms with Crippen LogP contribution in [0.5, 0.6) is 0 Å². The Morgan fingerprint density at radius 1 is 0.905 bits per heavy atom. The van der Waals surface area contributed by atoms with Gasteiger partial charge >= 0.3 is 32.7 Å². The molecule has 0 aliphatic carbocycles. The van der Waals surface area contributed by atoms with Crippen LogP contribution in [0, 0.1) is 0 Å². The van der Waals surface area contributed by atoms with Crippen molar-refractivity contribution in [2.24, 2.45) is 0 Å². The summed E-state index contributed by atoms with van der Waals surface area (Å²) in [6, 6.07) is 0. The molecule has 0 bridgehead atoms. The van der Waals surface area contributed by atoms with Crippen molar-refractivity contribution in [3.05, 3.63) is 0 Å². The lowest BCUT2D eigenvalue weighted by Crippen LogP contribution is -2.22. The van der Waals surface area contributed by atoms with Gasteiger partial charge in [0.2, 0.25) is 0 Å². The van der Waals surface area contributed by atoms with E-state index in [9.17, 15) is 26.4 Å². The van der Waals surface area contributed by atoms with E-state index in [4.69, 9.17) is 24.4 Å². The Bertz CT molecular complexity index is 476. The second-order valence-corrected chi connectivity index (χ2v) is 4.43. The number of carboxylic acids is 2. The summed E-state index contributed by atoms with van der Waals surface area (Å²) >= 11 is 0. The molecule has 0 amide bonds. The molecule has 0 rings (SSSR count). The number of hydrogen-bond acceptors (Lipinski definition) is 11. The van der Waals surface area contributed by atoms with Crippen molar-refractivity contribution in [1.82, 2.24) is 12.3 Å². The summed E-state index contributed by atoms with van der Waals surface area (Å²) in [5.41, 5.74) is 0. The highest BCUT2D eigenvalue weighted by atomic mass is 32.3. The summed E-state index contributed by atoms with van der Waals surface area (Å²) in [4.78, 5) is 19.4. The van der Waals surface area contributed by atoms with Gasteiger partial charge in [-0.05, 0) is 0 Å². The molecule has 0 radical (unpaired) electrons. The van der Waals surface area contributed by atoms with Gasteiger partial charge in [0.1, 0.15) is 0 Å². The van der Waals surface area contributed by atoms with Crippen molar-refractivity contribution in [2.75, 3.05) is 0 Å². The van der Waals surface area contributed by atoms with Gasteiger partial charge in [0.15, 0.2) is 6.10 Å². The van der Waals surface area contributed by atoms with Gasteiger partial charge in [-0.3, -0.25) is 13.9 Å². The lowest BCUT2D eigenvalue weighted by atomic mass is 10.3. The fourth-order valence-electron chi connectivity index (χ4n) is 0.323. The van der Waals surface area contributed by atoms with Crippen molar-refractivity contribution in [3.8, 4) is 0 Å². The molecule has 0 heterocycles. The number of aliphatic carboxylic acids is 2. The molecule has 0 fully saturated rings. The van der Waals surface area contributed by atoms with Crippen molar-refractivity contribution in [2.45, 2.75) is 12.5 Å². The fourth-order valence-corrected chi connectivity index (χ4v) is 0.885. The van der Waals surface area contributed by atoms with Gasteiger partial charge in [-0.1, -0.05) is 8.67 Å². The van der Waals surface area contributed by atoms with Crippen LogP contribution in [0.25, 0.3) is 0 Å². The van der Waals surface area contributed by atoms with E-state index in [2.05, 4.69) is 8.67 Å². The van der Waals surface area contributed by atoms with Gasteiger partial charge in [-0.25, -0.2) is 4.79 Å². The molecule has 1 atom stereocenters. The molecule has 11 N–H and O–H groups in total. The fraction of sp³-hybridized carbons (Fsp3) is 0.500. The van der Waals surface area contributed by atoms with Crippen molar-refractivity contribution >= 4 is 32.7 Å². The Morgan fingerprint density at radius 2 is 1.19 bits per heavy atom. The average Bonchev–Trinajstić information content (AvgIpc) is 2.12. The van der Waals surface area contributed by atoms with Crippen molar-refractivity contribution in [1.29, 1.82) is 0 Å². The monoisotopic (exact) mass is 362 g/mol. The average molecular weight is 362 g/mol. The number of carbonyl (C=O) groups is 2. The number of aliphatic hydroxyl groups excluding tert-OH is 1. The highest BCUT2D eigenvalue weighted by molar-refractivity contribution is 7.83. The van der Waals surface area contributed by atoms with Crippen molar-refractivity contribution < 1.29 is 59.5 Å². The maximum Gasteiger partial charge on any atom is 0.425 e. The normalized spacial score (nSPS) is 11.8. The van der Waals surface area contributed by atoms with Crippen LogP contribution in [-0.2, 0) is 39.1 Å². The third-order valence-electron chi connectivity index (χ3n) is 0.853. The predicted octanol–water partition coefficient (Wildman–Crippen LogP) is -2.23. The maximum atomic E-state index is 9.72. The lowest BCUT2D eigenvalue weighted by Gasteiger charge is -1.97. The third-order valence-corrected chi connectivity index (χ3v) is 1.42. The molecular formula is C4H14N2O13S2. The summed E-state index contributed by atoms with van der Waals surface area (Å²) < 4.78 is 58.9. The summed E-state index contributed by atoms with van der Waals surface area (Å²) in [7, 11) is -10.0. The van der Waals surface area contributed by atoms with Crippen LogP contribution < -0.4 is 12.3 Å². The first-order chi connectivity index (χ1) is 8.24. The molecule has 0 aromatic heterocycles. The minimum Gasteiger partial charge on any atom is -0.481 e. The van der Waals surface area contributed by atoms with Crippen molar-refractivity contribution in [3.63, 3.8) is 0 Å². The largest absolute Gasteiger partial charge is 0.481 e. The molecule has 1 unspecified atom stereocenters. The summed E-state index contributed by atoms with van der Waals surface area (Å²) in [6.45, 7) is 0. The molecule has 0 saturated carbocycles. The Hall–Kier alpha value is -1.44.